The summed E-state index contributed by atoms with van der Waals surface area (Å²) < 4.78 is 6.01. The lowest BCUT2D eigenvalue weighted by molar-refractivity contribution is -0.131. The van der Waals surface area contributed by atoms with Crippen LogP contribution in [-0.2, 0) is 4.79 Å². The number of carbonyl (C=O) groups excluding carboxylic acids is 2. The molecule has 1 N–H and O–H groups in total. The van der Waals surface area contributed by atoms with Gasteiger partial charge in [-0.1, -0.05) is 5.92 Å². The minimum absolute atomic E-state index is 0.0378. The Bertz CT molecular complexity index is 885. The Morgan fingerprint density at radius 2 is 1.97 bits per heavy atom. The van der Waals surface area contributed by atoms with Gasteiger partial charge in [0.2, 0.25) is 11.8 Å². The van der Waals surface area contributed by atoms with Crippen LogP contribution in [0.3, 0.4) is 0 Å². The van der Waals surface area contributed by atoms with Gasteiger partial charge in [0, 0.05) is 31.9 Å². The maximum absolute atomic E-state index is 12.7. The minimum atomic E-state index is -0.436. The van der Waals surface area contributed by atoms with Gasteiger partial charge in [-0.15, -0.1) is 6.42 Å². The van der Waals surface area contributed by atoms with Crippen molar-refractivity contribution >= 4 is 11.8 Å². The van der Waals surface area contributed by atoms with Crippen LogP contribution < -0.4 is 10.1 Å². The predicted molar refractivity (Wildman–Crippen MR) is 120 cm³/mol. The van der Waals surface area contributed by atoms with Crippen molar-refractivity contribution in [2.24, 2.45) is 0 Å². The topological polar surface area (TPSA) is 98.6 Å². The van der Waals surface area contributed by atoms with Crippen LogP contribution in [0.4, 0.5) is 0 Å². The van der Waals surface area contributed by atoms with Gasteiger partial charge < -0.3 is 19.9 Å². The molecule has 1 saturated heterocycles. The molecule has 1 aromatic rings. The number of nitrogens with one attached hydrogen (secondary N) is 1. The van der Waals surface area contributed by atoms with E-state index in [-0.39, 0.29) is 36.0 Å². The molecule has 2 atom stereocenters. The van der Waals surface area contributed by atoms with Crippen molar-refractivity contribution in [3.05, 3.63) is 23.9 Å². The largest absolute Gasteiger partial charge is 0.474 e. The van der Waals surface area contributed by atoms with E-state index in [9.17, 15) is 14.9 Å². The normalized spacial score (nSPS) is 27.3. The number of likely N-dealkylation sites (tertiary alicyclic amines) is 1. The molecule has 8 heteroatoms. The van der Waals surface area contributed by atoms with Crippen LogP contribution in [0, 0.1) is 23.7 Å². The molecule has 2 unspecified atom stereocenters. The molecule has 32 heavy (non-hydrogen) atoms. The lowest BCUT2D eigenvalue weighted by Crippen LogP contribution is -2.52. The molecule has 0 radical (unpaired) electrons. The van der Waals surface area contributed by atoms with Crippen LogP contribution in [0.5, 0.6) is 5.88 Å². The molecule has 8 nitrogen and oxygen atoms in total. The molecule has 1 aliphatic heterocycles. The highest BCUT2D eigenvalue weighted by Crippen LogP contribution is 2.30. The summed E-state index contributed by atoms with van der Waals surface area (Å²) in [4.78, 5) is 32.0. The Kier molecular flexibility index (Phi) is 7.37. The van der Waals surface area contributed by atoms with Crippen molar-refractivity contribution in [3.63, 3.8) is 0 Å². The fourth-order valence-corrected chi connectivity index (χ4v) is 4.36. The van der Waals surface area contributed by atoms with Gasteiger partial charge in [-0.3, -0.25) is 9.59 Å². The highest BCUT2D eigenvalue weighted by molar-refractivity contribution is 5.93. The first kappa shape index (κ1) is 23.6. The summed E-state index contributed by atoms with van der Waals surface area (Å²) in [7, 11) is 3.40. The molecule has 1 aliphatic carbocycles. The average molecular weight is 438 g/mol. The summed E-state index contributed by atoms with van der Waals surface area (Å²) in [6.45, 7) is 2.28. The standard InChI is InChI=1S/C24H31N5O3/c1-5-18-7-8-19(14-25)29(18)22(30)16-27-24(2)12-10-20(11-13-24)32-21-9-6-17(15-26-21)23(31)28(3)4/h1,6,9,15,18-20,27H,7-8,10-13,16H2,2-4H3. The summed E-state index contributed by atoms with van der Waals surface area (Å²) in [5.41, 5.74) is 0.342. The number of hydrogen-bond acceptors (Lipinski definition) is 6. The molecule has 2 heterocycles. The van der Waals surface area contributed by atoms with E-state index in [0.717, 1.165) is 25.7 Å². The Hall–Kier alpha value is -3.10. The molecule has 2 amide bonds. The third-order valence-electron chi connectivity index (χ3n) is 6.39. The van der Waals surface area contributed by atoms with Crippen molar-refractivity contribution < 1.29 is 14.3 Å². The van der Waals surface area contributed by atoms with Gasteiger partial charge >= 0.3 is 0 Å². The highest BCUT2D eigenvalue weighted by atomic mass is 16.5. The second-order valence-corrected chi connectivity index (χ2v) is 9.02. The van der Waals surface area contributed by atoms with E-state index >= 15 is 0 Å². The zero-order valence-corrected chi connectivity index (χ0v) is 19.0. The van der Waals surface area contributed by atoms with Crippen LogP contribution in [0.15, 0.2) is 18.3 Å². The molecule has 2 fully saturated rings. The van der Waals surface area contributed by atoms with E-state index in [2.05, 4.69) is 29.2 Å². The van der Waals surface area contributed by atoms with E-state index in [4.69, 9.17) is 11.2 Å². The summed E-state index contributed by atoms with van der Waals surface area (Å²) in [6.07, 6.45) is 11.8. The Balaban J connectivity index is 1.48. The highest BCUT2D eigenvalue weighted by Gasteiger charge is 2.37. The molecule has 170 valence electrons. The molecule has 2 aliphatic rings. The maximum Gasteiger partial charge on any atom is 0.254 e. The molecule has 3 rings (SSSR count). The van der Waals surface area contributed by atoms with Crippen molar-refractivity contribution in [2.45, 2.75) is 69.2 Å². The lowest BCUT2D eigenvalue weighted by Gasteiger charge is -2.38. The first-order valence-corrected chi connectivity index (χ1v) is 11.0. The number of terminal acetylenes is 1. The van der Waals surface area contributed by atoms with E-state index in [1.54, 1.807) is 31.1 Å². The van der Waals surface area contributed by atoms with Crippen molar-refractivity contribution in [1.29, 1.82) is 5.26 Å². The van der Waals surface area contributed by atoms with Crippen molar-refractivity contribution in [3.8, 4) is 24.3 Å². The summed E-state index contributed by atoms with van der Waals surface area (Å²) >= 11 is 0. The third-order valence-corrected chi connectivity index (χ3v) is 6.39. The van der Waals surface area contributed by atoms with Crippen LogP contribution in [0.25, 0.3) is 0 Å². The van der Waals surface area contributed by atoms with Crippen LogP contribution in [0.2, 0.25) is 0 Å². The number of ether oxygens (including phenoxy) is 1. The second kappa shape index (κ2) is 10.0. The zero-order chi connectivity index (χ0) is 23.3. The number of nitrogens with zero attached hydrogens (tertiary/aromatic N) is 4. The Morgan fingerprint density at radius 3 is 2.53 bits per heavy atom. The number of carbonyl (C=O) groups is 2. The van der Waals surface area contributed by atoms with Gasteiger partial charge in [0.1, 0.15) is 12.1 Å². The van der Waals surface area contributed by atoms with Crippen LogP contribution >= 0.6 is 0 Å². The number of pyridine rings is 1. The van der Waals surface area contributed by atoms with Crippen molar-refractivity contribution in [1.82, 2.24) is 20.1 Å². The smallest absolute Gasteiger partial charge is 0.254 e. The van der Waals surface area contributed by atoms with E-state index < -0.39 is 6.04 Å². The minimum Gasteiger partial charge on any atom is -0.474 e. The summed E-state index contributed by atoms with van der Waals surface area (Å²) in [5, 5.41) is 12.7. The van der Waals surface area contributed by atoms with Gasteiger partial charge in [-0.25, -0.2) is 4.98 Å². The number of amides is 2. The Labute approximate surface area is 189 Å². The number of rotatable bonds is 6. The molecule has 0 aromatic carbocycles. The van der Waals surface area contributed by atoms with Crippen molar-refractivity contribution in [2.75, 3.05) is 20.6 Å². The van der Waals surface area contributed by atoms with Crippen LogP contribution in [-0.4, -0.2) is 71.0 Å². The first-order valence-electron chi connectivity index (χ1n) is 11.0. The number of aromatic nitrogens is 1. The number of hydrogen-bond donors (Lipinski definition) is 1. The summed E-state index contributed by atoms with van der Waals surface area (Å²) in [5.74, 6) is 2.93. The van der Waals surface area contributed by atoms with Gasteiger partial charge in [-0.2, -0.15) is 5.26 Å². The maximum atomic E-state index is 12.7. The fourth-order valence-electron chi connectivity index (χ4n) is 4.36. The molecule has 0 bridgehead atoms. The first-order chi connectivity index (χ1) is 15.3. The van der Waals surface area contributed by atoms with Gasteiger partial charge in [0.25, 0.3) is 5.91 Å². The third kappa shape index (κ3) is 5.38. The molecule has 1 aromatic heterocycles. The quantitative estimate of drug-likeness (QED) is 0.684. The van der Waals surface area contributed by atoms with E-state index in [0.29, 0.717) is 24.3 Å². The zero-order valence-electron chi connectivity index (χ0n) is 19.0. The predicted octanol–water partition coefficient (Wildman–Crippen LogP) is 1.97. The monoisotopic (exact) mass is 437 g/mol. The average Bonchev–Trinajstić information content (AvgIpc) is 3.22. The molecular formula is C24H31N5O3. The van der Waals surface area contributed by atoms with Crippen LogP contribution in [0.1, 0.15) is 55.8 Å². The SMILES string of the molecule is C#CC1CCC(C#N)N1C(=O)CNC1(C)CCC(Oc2ccc(C(=O)N(C)C)cn2)CC1. The van der Waals surface area contributed by atoms with E-state index in [1.807, 2.05) is 0 Å². The number of nitriles is 1. The lowest BCUT2D eigenvalue weighted by atomic mass is 9.82. The van der Waals surface area contributed by atoms with E-state index in [1.165, 1.54) is 11.1 Å². The molecule has 0 spiro atoms. The summed E-state index contributed by atoms with van der Waals surface area (Å²) in [6, 6.07) is 4.91. The Morgan fingerprint density at radius 1 is 1.28 bits per heavy atom. The van der Waals surface area contributed by atoms with Gasteiger partial charge in [-0.05, 0) is 51.5 Å². The second-order valence-electron chi connectivity index (χ2n) is 9.02. The fraction of sp³-hybridized carbons (Fsp3) is 0.583. The van der Waals surface area contributed by atoms with Gasteiger partial charge in [0.05, 0.1) is 24.2 Å². The molecular weight excluding hydrogens is 406 g/mol. The van der Waals surface area contributed by atoms with Gasteiger partial charge in [0.15, 0.2) is 0 Å². The molecule has 1 saturated carbocycles.